The van der Waals surface area contributed by atoms with Crippen LogP contribution < -0.4 is 10.6 Å². The quantitative estimate of drug-likeness (QED) is 0.610. The number of para-hydroxylation sites is 1. The van der Waals surface area contributed by atoms with E-state index in [1.807, 2.05) is 18.2 Å². The first-order chi connectivity index (χ1) is 13.5. The molecule has 0 bridgehead atoms. The van der Waals surface area contributed by atoms with Crippen molar-refractivity contribution in [3.63, 3.8) is 0 Å². The summed E-state index contributed by atoms with van der Waals surface area (Å²) in [6.45, 7) is 3.43. The van der Waals surface area contributed by atoms with Crippen LogP contribution in [0.2, 0.25) is 0 Å². The largest absolute Gasteiger partial charge is 0.462 e. The van der Waals surface area contributed by atoms with Crippen LogP contribution in [-0.2, 0) is 16.1 Å². The molecule has 0 atom stereocenters. The highest BCUT2D eigenvalue weighted by Crippen LogP contribution is 2.33. The molecule has 0 saturated heterocycles. The third-order valence-electron chi connectivity index (χ3n) is 4.03. The molecule has 3 aromatic rings. The molecule has 0 aliphatic carbocycles. The molecule has 2 aromatic heterocycles. The monoisotopic (exact) mass is 401 g/mol. The number of fused-ring (bicyclic) bond motifs is 1. The summed E-state index contributed by atoms with van der Waals surface area (Å²) in [6.07, 6.45) is 0. The van der Waals surface area contributed by atoms with Crippen LogP contribution in [0.15, 0.2) is 24.3 Å². The molecule has 2 N–H and O–H groups in total. The normalized spacial score (nSPS) is 10.7. The molecule has 2 heterocycles. The Morgan fingerprint density at radius 2 is 2.00 bits per heavy atom. The van der Waals surface area contributed by atoms with Gasteiger partial charge in [-0.05, 0) is 31.5 Å². The Balaban J connectivity index is 1.88. The second-order valence-corrected chi connectivity index (χ2v) is 6.86. The van der Waals surface area contributed by atoms with E-state index in [1.54, 1.807) is 19.9 Å². The van der Waals surface area contributed by atoms with Crippen LogP contribution in [0.5, 0.6) is 0 Å². The Labute approximate surface area is 164 Å². The number of aromatic nitrogens is 3. The first-order valence-corrected chi connectivity index (χ1v) is 9.38. The highest BCUT2D eigenvalue weighted by atomic mass is 32.1. The number of carbonyl (C=O) groups excluding carboxylic acids is 3. The number of anilines is 1. The predicted molar refractivity (Wildman–Crippen MR) is 105 cm³/mol. The van der Waals surface area contributed by atoms with Gasteiger partial charge in [0.2, 0.25) is 5.91 Å². The lowest BCUT2D eigenvalue weighted by Gasteiger charge is -2.07. The molecule has 0 aliphatic heterocycles. The van der Waals surface area contributed by atoms with Crippen molar-refractivity contribution in [1.29, 1.82) is 0 Å². The second-order valence-electron chi connectivity index (χ2n) is 5.84. The van der Waals surface area contributed by atoms with E-state index in [1.165, 1.54) is 11.7 Å². The number of carbonyl (C=O) groups is 3. The third-order valence-corrected chi connectivity index (χ3v) is 5.23. The molecule has 0 fully saturated rings. The number of ether oxygens (including phenoxy) is 1. The van der Waals surface area contributed by atoms with Crippen molar-refractivity contribution in [3.8, 4) is 0 Å². The van der Waals surface area contributed by atoms with E-state index in [-0.39, 0.29) is 29.6 Å². The third kappa shape index (κ3) is 3.72. The lowest BCUT2D eigenvalue weighted by Crippen LogP contribution is -2.20. The first-order valence-electron chi connectivity index (χ1n) is 8.56. The van der Waals surface area contributed by atoms with Crippen LogP contribution in [0.4, 0.5) is 5.00 Å². The molecule has 0 saturated carbocycles. The molecule has 146 valence electrons. The van der Waals surface area contributed by atoms with E-state index >= 15 is 0 Å². The molecule has 28 heavy (non-hydrogen) atoms. The van der Waals surface area contributed by atoms with Crippen LogP contribution in [-0.4, -0.2) is 46.4 Å². The molecule has 10 heteroatoms. The second kappa shape index (κ2) is 8.17. The van der Waals surface area contributed by atoms with E-state index in [4.69, 9.17) is 4.74 Å². The van der Waals surface area contributed by atoms with Gasteiger partial charge in [0.25, 0.3) is 5.91 Å². The Morgan fingerprint density at radius 1 is 1.25 bits per heavy atom. The average Bonchev–Trinajstić information content (AvgIpc) is 3.22. The van der Waals surface area contributed by atoms with Crippen molar-refractivity contribution >= 4 is 45.2 Å². The zero-order valence-electron chi connectivity index (χ0n) is 15.6. The lowest BCUT2D eigenvalue weighted by atomic mass is 10.1. The summed E-state index contributed by atoms with van der Waals surface area (Å²) >= 11 is 1.03. The van der Waals surface area contributed by atoms with Gasteiger partial charge >= 0.3 is 5.97 Å². The molecule has 2 amide bonds. The van der Waals surface area contributed by atoms with Crippen molar-refractivity contribution in [2.45, 2.75) is 20.4 Å². The van der Waals surface area contributed by atoms with Gasteiger partial charge in [-0.1, -0.05) is 17.3 Å². The SMILES string of the molecule is CCOC(=O)c1c(NC(=O)Cn2nnc3ccccc32)sc(C(=O)NC)c1C. The minimum atomic E-state index is -0.590. The van der Waals surface area contributed by atoms with Gasteiger partial charge in [0.15, 0.2) is 0 Å². The molecule has 9 nitrogen and oxygen atoms in total. The zero-order chi connectivity index (χ0) is 20.3. The molecule has 0 aliphatic rings. The van der Waals surface area contributed by atoms with Crippen LogP contribution >= 0.6 is 11.3 Å². The summed E-state index contributed by atoms with van der Waals surface area (Å²) in [7, 11) is 1.50. The topological polar surface area (TPSA) is 115 Å². The minimum absolute atomic E-state index is 0.0883. The van der Waals surface area contributed by atoms with Gasteiger partial charge in [-0.15, -0.1) is 16.4 Å². The number of esters is 1. The molecular weight excluding hydrogens is 382 g/mol. The average molecular weight is 401 g/mol. The van der Waals surface area contributed by atoms with Crippen molar-refractivity contribution in [2.24, 2.45) is 0 Å². The van der Waals surface area contributed by atoms with Crippen LogP contribution in [0.25, 0.3) is 11.0 Å². The number of benzene rings is 1. The van der Waals surface area contributed by atoms with E-state index < -0.39 is 11.9 Å². The van der Waals surface area contributed by atoms with Crippen LogP contribution in [0.1, 0.15) is 32.5 Å². The molecule has 0 unspecified atom stereocenters. The number of thiophene rings is 1. The molecule has 0 spiro atoms. The van der Waals surface area contributed by atoms with Crippen LogP contribution in [0.3, 0.4) is 0 Å². The van der Waals surface area contributed by atoms with Crippen molar-refractivity contribution in [1.82, 2.24) is 20.3 Å². The number of nitrogens with zero attached hydrogens (tertiary/aromatic N) is 3. The highest BCUT2D eigenvalue weighted by Gasteiger charge is 2.26. The number of nitrogens with one attached hydrogen (secondary N) is 2. The summed E-state index contributed by atoms with van der Waals surface area (Å²) in [4.78, 5) is 37.3. The van der Waals surface area contributed by atoms with Crippen molar-refractivity contribution in [2.75, 3.05) is 19.0 Å². The van der Waals surface area contributed by atoms with Crippen molar-refractivity contribution in [3.05, 3.63) is 40.3 Å². The summed E-state index contributed by atoms with van der Waals surface area (Å²) in [5.74, 6) is -1.32. The zero-order valence-corrected chi connectivity index (χ0v) is 16.4. The molecule has 1 aromatic carbocycles. The van der Waals surface area contributed by atoms with Gasteiger partial charge in [-0.25, -0.2) is 9.48 Å². The van der Waals surface area contributed by atoms with Gasteiger partial charge < -0.3 is 15.4 Å². The Kier molecular flexibility index (Phi) is 5.69. The predicted octanol–water partition coefficient (Wildman–Crippen LogP) is 1.98. The van der Waals surface area contributed by atoms with Crippen LogP contribution in [0, 0.1) is 6.92 Å². The van der Waals surface area contributed by atoms with E-state index in [9.17, 15) is 14.4 Å². The Bertz CT molecular complexity index is 1060. The van der Waals surface area contributed by atoms with Gasteiger partial charge in [-0.3, -0.25) is 9.59 Å². The summed E-state index contributed by atoms with van der Waals surface area (Å²) in [5.41, 5.74) is 2.04. The van der Waals surface area contributed by atoms with Gasteiger partial charge in [0, 0.05) is 7.05 Å². The van der Waals surface area contributed by atoms with E-state index in [0.717, 1.165) is 16.9 Å². The molecular formula is C18H19N5O4S. The number of amides is 2. The van der Waals surface area contributed by atoms with Gasteiger partial charge in [0.1, 0.15) is 17.1 Å². The number of hydrogen-bond donors (Lipinski definition) is 2. The van der Waals surface area contributed by atoms with E-state index in [2.05, 4.69) is 20.9 Å². The smallest absolute Gasteiger partial charge is 0.341 e. The lowest BCUT2D eigenvalue weighted by molar-refractivity contribution is -0.116. The maximum atomic E-state index is 12.6. The standard InChI is InChI=1S/C18H19N5O4S/c1-4-27-18(26)14-10(2)15(16(25)19-3)28-17(14)20-13(24)9-23-12-8-6-5-7-11(12)21-22-23/h5-8H,4,9H2,1-3H3,(H,19,25)(H,20,24). The molecule has 0 radical (unpaired) electrons. The summed E-state index contributed by atoms with van der Waals surface area (Å²) in [6, 6.07) is 7.28. The molecule has 3 rings (SSSR count). The number of hydrogen-bond acceptors (Lipinski definition) is 7. The summed E-state index contributed by atoms with van der Waals surface area (Å²) in [5, 5.41) is 13.5. The highest BCUT2D eigenvalue weighted by molar-refractivity contribution is 7.18. The fourth-order valence-corrected chi connectivity index (χ4v) is 3.87. The van der Waals surface area contributed by atoms with Gasteiger partial charge in [-0.2, -0.15) is 0 Å². The number of rotatable bonds is 6. The maximum Gasteiger partial charge on any atom is 0.341 e. The fourth-order valence-electron chi connectivity index (χ4n) is 2.72. The minimum Gasteiger partial charge on any atom is -0.462 e. The summed E-state index contributed by atoms with van der Waals surface area (Å²) < 4.78 is 6.55. The van der Waals surface area contributed by atoms with Gasteiger partial charge in [0.05, 0.1) is 22.6 Å². The van der Waals surface area contributed by atoms with Crippen molar-refractivity contribution < 1.29 is 19.1 Å². The Morgan fingerprint density at radius 3 is 2.71 bits per heavy atom. The maximum absolute atomic E-state index is 12.6. The van der Waals surface area contributed by atoms with E-state index in [0.29, 0.717) is 16.0 Å². The Hall–Kier alpha value is -3.27. The first kappa shape index (κ1) is 19.5. The fraction of sp³-hybridized carbons (Fsp3) is 0.278.